The molecule has 0 fully saturated rings. The second-order valence-electron chi connectivity index (χ2n) is 5.28. The molecule has 0 aliphatic heterocycles. The van der Waals surface area contributed by atoms with Gasteiger partial charge in [0.1, 0.15) is 0 Å². The summed E-state index contributed by atoms with van der Waals surface area (Å²) >= 11 is 5.79. The lowest BCUT2D eigenvalue weighted by Crippen LogP contribution is -2.17. The van der Waals surface area contributed by atoms with Crippen LogP contribution < -0.4 is 5.43 Å². The van der Waals surface area contributed by atoms with Crippen LogP contribution in [-0.2, 0) is 0 Å². The van der Waals surface area contributed by atoms with Gasteiger partial charge in [-0.2, -0.15) is 5.10 Å². The van der Waals surface area contributed by atoms with Crippen LogP contribution in [0.25, 0.3) is 5.69 Å². The van der Waals surface area contributed by atoms with Gasteiger partial charge in [-0.1, -0.05) is 11.6 Å². The van der Waals surface area contributed by atoms with Gasteiger partial charge in [-0.25, -0.2) is 5.43 Å². The fourth-order valence-corrected chi connectivity index (χ4v) is 2.42. The molecule has 0 bridgehead atoms. The SMILES string of the molecule is O=C(N/N=C\c1cccn1-c1ccc([N+](=O)[O-])cc1)c1ccc(Cl)cc1. The maximum atomic E-state index is 12.0. The molecule has 26 heavy (non-hydrogen) atoms. The van der Waals surface area contributed by atoms with Gasteiger partial charge < -0.3 is 4.57 Å². The number of nitrogens with one attached hydrogen (secondary N) is 1. The minimum Gasteiger partial charge on any atom is -0.316 e. The van der Waals surface area contributed by atoms with E-state index in [9.17, 15) is 14.9 Å². The first kappa shape index (κ1) is 17.4. The number of carbonyl (C=O) groups is 1. The lowest BCUT2D eigenvalue weighted by atomic mass is 10.2. The molecule has 0 aliphatic rings. The number of aromatic nitrogens is 1. The van der Waals surface area contributed by atoms with E-state index in [0.717, 1.165) is 5.69 Å². The van der Waals surface area contributed by atoms with Crippen LogP contribution in [0.5, 0.6) is 0 Å². The van der Waals surface area contributed by atoms with Crippen LogP contribution in [-0.4, -0.2) is 21.6 Å². The van der Waals surface area contributed by atoms with E-state index in [1.165, 1.54) is 18.3 Å². The standard InChI is InChI=1S/C18H13ClN4O3/c19-14-5-3-13(4-6-14)18(24)21-20-12-17-2-1-11-22(17)15-7-9-16(10-8-15)23(25)26/h1-12H,(H,21,24)/b20-12-. The first-order valence-corrected chi connectivity index (χ1v) is 7.93. The van der Waals surface area contributed by atoms with Crippen molar-refractivity contribution >= 4 is 29.4 Å². The number of hydrogen-bond acceptors (Lipinski definition) is 4. The summed E-state index contributed by atoms with van der Waals surface area (Å²) in [5.41, 5.74) is 4.35. The summed E-state index contributed by atoms with van der Waals surface area (Å²) in [6.45, 7) is 0. The normalized spacial score (nSPS) is 10.8. The van der Waals surface area contributed by atoms with Crippen LogP contribution in [0.4, 0.5) is 5.69 Å². The Labute approximate surface area is 153 Å². The minimum atomic E-state index is -0.450. The van der Waals surface area contributed by atoms with Crippen LogP contribution in [0.15, 0.2) is 72.0 Å². The highest BCUT2D eigenvalue weighted by Crippen LogP contribution is 2.17. The second-order valence-corrected chi connectivity index (χ2v) is 5.72. The third kappa shape index (κ3) is 3.96. The Balaban J connectivity index is 1.72. The maximum Gasteiger partial charge on any atom is 0.271 e. The van der Waals surface area contributed by atoms with Gasteiger partial charge in [0.25, 0.3) is 11.6 Å². The average molecular weight is 369 g/mol. The van der Waals surface area contributed by atoms with Gasteiger partial charge in [-0.15, -0.1) is 0 Å². The van der Waals surface area contributed by atoms with Crippen molar-refractivity contribution in [2.75, 3.05) is 0 Å². The van der Waals surface area contributed by atoms with E-state index < -0.39 is 4.92 Å². The molecule has 0 atom stereocenters. The largest absolute Gasteiger partial charge is 0.316 e. The zero-order valence-corrected chi connectivity index (χ0v) is 14.1. The van der Waals surface area contributed by atoms with E-state index >= 15 is 0 Å². The van der Waals surface area contributed by atoms with Crippen molar-refractivity contribution in [3.05, 3.63) is 93.3 Å². The van der Waals surface area contributed by atoms with E-state index in [0.29, 0.717) is 16.3 Å². The predicted octanol–water partition coefficient (Wildman–Crippen LogP) is 3.80. The Bertz CT molecular complexity index is 963. The van der Waals surface area contributed by atoms with Crippen LogP contribution in [0.3, 0.4) is 0 Å². The van der Waals surface area contributed by atoms with Crippen molar-refractivity contribution in [1.29, 1.82) is 0 Å². The third-order valence-electron chi connectivity index (χ3n) is 3.59. The van der Waals surface area contributed by atoms with Crippen LogP contribution >= 0.6 is 11.6 Å². The lowest BCUT2D eigenvalue weighted by molar-refractivity contribution is -0.384. The molecule has 0 aliphatic carbocycles. The van der Waals surface area contributed by atoms with Crippen molar-refractivity contribution in [1.82, 2.24) is 9.99 Å². The molecular formula is C18H13ClN4O3. The molecule has 1 N–H and O–H groups in total. The zero-order chi connectivity index (χ0) is 18.5. The number of carbonyl (C=O) groups excluding carboxylic acids is 1. The van der Waals surface area contributed by atoms with Crippen molar-refractivity contribution in [2.24, 2.45) is 5.10 Å². The average Bonchev–Trinajstić information content (AvgIpc) is 3.10. The summed E-state index contributed by atoms with van der Waals surface area (Å²) in [5.74, 6) is -0.355. The number of nitro groups is 1. The molecule has 1 heterocycles. The van der Waals surface area contributed by atoms with E-state index in [1.54, 1.807) is 53.2 Å². The Morgan fingerprint density at radius 2 is 1.81 bits per heavy atom. The van der Waals surface area contributed by atoms with Gasteiger partial charge in [0.2, 0.25) is 0 Å². The molecule has 2 aromatic carbocycles. The fourth-order valence-electron chi connectivity index (χ4n) is 2.29. The summed E-state index contributed by atoms with van der Waals surface area (Å²) in [7, 11) is 0. The number of benzene rings is 2. The molecule has 0 saturated heterocycles. The third-order valence-corrected chi connectivity index (χ3v) is 3.84. The predicted molar refractivity (Wildman–Crippen MR) is 98.9 cm³/mol. The number of hydrazone groups is 1. The molecule has 1 amide bonds. The zero-order valence-electron chi connectivity index (χ0n) is 13.4. The molecule has 0 spiro atoms. The van der Waals surface area contributed by atoms with Crippen LogP contribution in [0.1, 0.15) is 16.1 Å². The smallest absolute Gasteiger partial charge is 0.271 e. The molecule has 8 heteroatoms. The number of halogens is 1. The van der Waals surface area contributed by atoms with Gasteiger partial charge in [0.15, 0.2) is 0 Å². The molecule has 0 radical (unpaired) electrons. The van der Waals surface area contributed by atoms with E-state index in [-0.39, 0.29) is 11.6 Å². The van der Waals surface area contributed by atoms with Crippen molar-refractivity contribution in [3.8, 4) is 5.69 Å². The van der Waals surface area contributed by atoms with Crippen molar-refractivity contribution in [2.45, 2.75) is 0 Å². The van der Waals surface area contributed by atoms with Gasteiger partial charge in [-0.3, -0.25) is 14.9 Å². The summed E-state index contributed by atoms with van der Waals surface area (Å²) < 4.78 is 1.79. The van der Waals surface area contributed by atoms with E-state index in [4.69, 9.17) is 11.6 Å². The quantitative estimate of drug-likeness (QED) is 0.422. The number of non-ortho nitro benzene ring substituents is 1. The molecular weight excluding hydrogens is 356 g/mol. The number of hydrogen-bond donors (Lipinski definition) is 1. The lowest BCUT2D eigenvalue weighted by Gasteiger charge is -2.06. The van der Waals surface area contributed by atoms with Crippen molar-refractivity contribution < 1.29 is 9.72 Å². The number of rotatable bonds is 5. The molecule has 130 valence electrons. The van der Waals surface area contributed by atoms with E-state index in [2.05, 4.69) is 10.5 Å². The van der Waals surface area contributed by atoms with Gasteiger partial charge >= 0.3 is 0 Å². The molecule has 1 aromatic heterocycles. The Morgan fingerprint density at radius 1 is 1.12 bits per heavy atom. The highest BCUT2D eigenvalue weighted by Gasteiger charge is 2.07. The van der Waals surface area contributed by atoms with Gasteiger partial charge in [-0.05, 0) is 48.5 Å². The summed E-state index contributed by atoms with van der Waals surface area (Å²) in [6.07, 6.45) is 3.29. The summed E-state index contributed by atoms with van der Waals surface area (Å²) in [4.78, 5) is 22.3. The van der Waals surface area contributed by atoms with Crippen molar-refractivity contribution in [3.63, 3.8) is 0 Å². The second kappa shape index (κ2) is 7.62. The Morgan fingerprint density at radius 3 is 2.46 bits per heavy atom. The monoisotopic (exact) mass is 368 g/mol. The first-order valence-electron chi connectivity index (χ1n) is 7.56. The number of nitro benzene ring substituents is 1. The Hall–Kier alpha value is -3.45. The van der Waals surface area contributed by atoms with Crippen LogP contribution in [0, 0.1) is 10.1 Å². The number of nitrogens with zero attached hydrogens (tertiary/aromatic N) is 3. The topological polar surface area (TPSA) is 89.5 Å². The summed E-state index contributed by atoms with van der Waals surface area (Å²) in [5, 5.41) is 15.2. The fraction of sp³-hybridized carbons (Fsp3) is 0. The Kier molecular flexibility index (Phi) is 5.09. The molecule has 0 saturated carbocycles. The maximum absolute atomic E-state index is 12.0. The summed E-state index contributed by atoms with van der Waals surface area (Å²) in [6, 6.07) is 16.2. The van der Waals surface area contributed by atoms with Crippen LogP contribution in [0.2, 0.25) is 5.02 Å². The first-order chi connectivity index (χ1) is 12.5. The molecule has 7 nitrogen and oxygen atoms in total. The molecule has 3 rings (SSSR count). The molecule has 3 aromatic rings. The molecule has 0 unspecified atom stereocenters. The number of amides is 1. The van der Waals surface area contributed by atoms with Gasteiger partial charge in [0, 0.05) is 34.6 Å². The minimum absolute atomic E-state index is 0.0198. The highest BCUT2D eigenvalue weighted by atomic mass is 35.5. The van der Waals surface area contributed by atoms with Gasteiger partial charge in [0.05, 0.1) is 16.8 Å². The van der Waals surface area contributed by atoms with E-state index in [1.807, 2.05) is 6.07 Å². The highest BCUT2D eigenvalue weighted by molar-refractivity contribution is 6.30.